The molecular weight excluding hydrogens is 504 g/mol. The van der Waals surface area contributed by atoms with E-state index in [-0.39, 0.29) is 38.4 Å². The quantitative estimate of drug-likeness (QED) is 0.118. The van der Waals surface area contributed by atoms with Crippen LogP contribution in [0.2, 0.25) is 0 Å². The molecule has 1 aromatic rings. The Labute approximate surface area is 241 Å². The number of carbonyl (C=O) groups excluding carboxylic acids is 2. The molecule has 6 heteroatoms. The molecule has 0 spiro atoms. The molecule has 224 valence electrons. The van der Waals surface area contributed by atoms with E-state index in [2.05, 4.69) is 44.3 Å². The molecule has 40 heavy (non-hydrogen) atoms. The van der Waals surface area contributed by atoms with Crippen molar-refractivity contribution in [1.29, 1.82) is 0 Å². The molecule has 0 heterocycles. The van der Waals surface area contributed by atoms with Gasteiger partial charge < -0.3 is 19.7 Å². The van der Waals surface area contributed by atoms with Crippen molar-refractivity contribution in [3.8, 4) is 0 Å². The van der Waals surface area contributed by atoms with E-state index in [0.717, 1.165) is 11.5 Å². The highest BCUT2D eigenvalue weighted by molar-refractivity contribution is 5.88. The Balaban J connectivity index is 2.02. The number of rotatable bonds is 18. The summed E-state index contributed by atoms with van der Waals surface area (Å²) in [7, 11) is 0. The van der Waals surface area contributed by atoms with Crippen LogP contribution in [0.4, 0.5) is 0 Å². The Hall–Kier alpha value is -2.44. The molecule has 1 saturated carbocycles. The van der Waals surface area contributed by atoms with Gasteiger partial charge in [0, 0.05) is 30.3 Å². The minimum absolute atomic E-state index is 0.0139. The molecule has 1 aromatic carbocycles. The standard InChI is InChI=1S/C34H52O6/c1-6-7-8-9-10-11-27-12-14-29(15-13-27)30-16-18-31(19-17-30)34(5,23-39-32(37)25(2)3)24-40-33(38)26(4)20-28(21-35)22-36/h16-19,27-29,35-36H,2,4,6-15,20-24H2,1,3,5H3. The summed E-state index contributed by atoms with van der Waals surface area (Å²) in [5, 5.41) is 18.6. The number of benzene rings is 1. The van der Waals surface area contributed by atoms with Gasteiger partial charge in [-0.05, 0) is 68.9 Å². The van der Waals surface area contributed by atoms with Crippen molar-refractivity contribution >= 4 is 11.9 Å². The smallest absolute Gasteiger partial charge is 0.333 e. The maximum absolute atomic E-state index is 12.6. The summed E-state index contributed by atoms with van der Waals surface area (Å²) in [6.45, 7) is 12.7. The lowest BCUT2D eigenvalue weighted by molar-refractivity contribution is -0.145. The van der Waals surface area contributed by atoms with Crippen LogP contribution >= 0.6 is 0 Å². The van der Waals surface area contributed by atoms with Gasteiger partial charge in [0.15, 0.2) is 0 Å². The van der Waals surface area contributed by atoms with Crippen molar-refractivity contribution in [2.45, 2.75) is 103 Å². The van der Waals surface area contributed by atoms with E-state index in [4.69, 9.17) is 9.47 Å². The van der Waals surface area contributed by atoms with Crippen LogP contribution in [-0.4, -0.2) is 48.6 Å². The lowest BCUT2D eigenvalue weighted by Crippen LogP contribution is -2.36. The summed E-state index contributed by atoms with van der Waals surface area (Å²) >= 11 is 0. The summed E-state index contributed by atoms with van der Waals surface area (Å²) < 4.78 is 11.1. The second kappa shape index (κ2) is 17.4. The molecular formula is C34H52O6. The van der Waals surface area contributed by atoms with Gasteiger partial charge in [-0.25, -0.2) is 9.59 Å². The van der Waals surface area contributed by atoms with Gasteiger partial charge in [0.2, 0.25) is 0 Å². The molecule has 1 atom stereocenters. The lowest BCUT2D eigenvalue weighted by atomic mass is 9.76. The van der Waals surface area contributed by atoms with Crippen molar-refractivity contribution < 1.29 is 29.3 Å². The Kier molecular flexibility index (Phi) is 14.7. The van der Waals surface area contributed by atoms with Gasteiger partial charge in [-0.1, -0.05) is 82.9 Å². The highest BCUT2D eigenvalue weighted by Crippen LogP contribution is 2.38. The fourth-order valence-corrected chi connectivity index (χ4v) is 5.48. The molecule has 2 N–H and O–H groups in total. The summed E-state index contributed by atoms with van der Waals surface area (Å²) in [6.07, 6.45) is 13.3. The molecule has 1 aliphatic rings. The molecule has 1 fully saturated rings. The third-order valence-corrected chi connectivity index (χ3v) is 8.37. The van der Waals surface area contributed by atoms with E-state index in [1.807, 2.05) is 6.92 Å². The topological polar surface area (TPSA) is 93.1 Å². The Bertz CT molecular complexity index is 940. The van der Waals surface area contributed by atoms with E-state index >= 15 is 0 Å². The normalized spacial score (nSPS) is 18.6. The van der Waals surface area contributed by atoms with Crippen LogP contribution in [0.15, 0.2) is 48.6 Å². The van der Waals surface area contributed by atoms with Gasteiger partial charge in [-0.15, -0.1) is 0 Å². The van der Waals surface area contributed by atoms with Gasteiger partial charge in [0.1, 0.15) is 13.2 Å². The lowest BCUT2D eigenvalue weighted by Gasteiger charge is -2.31. The maximum atomic E-state index is 12.6. The molecule has 0 aliphatic heterocycles. The van der Waals surface area contributed by atoms with Gasteiger partial charge in [-0.2, -0.15) is 0 Å². The van der Waals surface area contributed by atoms with Crippen molar-refractivity contribution in [2.75, 3.05) is 26.4 Å². The van der Waals surface area contributed by atoms with Crippen LogP contribution in [0.1, 0.15) is 108 Å². The van der Waals surface area contributed by atoms with Gasteiger partial charge in [0.25, 0.3) is 0 Å². The van der Waals surface area contributed by atoms with Crippen molar-refractivity contribution in [1.82, 2.24) is 0 Å². The average Bonchev–Trinajstić information content (AvgIpc) is 2.97. The van der Waals surface area contributed by atoms with E-state index < -0.39 is 23.3 Å². The fraction of sp³-hybridized carbons (Fsp3) is 0.647. The second-order valence-corrected chi connectivity index (χ2v) is 12.1. The molecule has 1 aliphatic carbocycles. The number of aliphatic hydroxyl groups excluding tert-OH is 2. The van der Waals surface area contributed by atoms with Crippen LogP contribution in [0.25, 0.3) is 0 Å². The van der Waals surface area contributed by atoms with Crippen LogP contribution in [0.5, 0.6) is 0 Å². The van der Waals surface area contributed by atoms with Crippen LogP contribution in [0, 0.1) is 11.8 Å². The summed E-state index contributed by atoms with van der Waals surface area (Å²) in [5.74, 6) is -0.128. The first-order valence-electron chi connectivity index (χ1n) is 15.1. The van der Waals surface area contributed by atoms with E-state index in [0.29, 0.717) is 11.5 Å². The van der Waals surface area contributed by atoms with Crippen LogP contribution < -0.4 is 0 Å². The number of aliphatic hydroxyl groups is 2. The van der Waals surface area contributed by atoms with Gasteiger partial charge in [0.05, 0.1) is 5.41 Å². The number of carbonyl (C=O) groups is 2. The first kappa shape index (κ1) is 33.8. The van der Waals surface area contributed by atoms with E-state index in [1.54, 1.807) is 6.92 Å². The molecule has 0 radical (unpaired) electrons. The minimum Gasteiger partial charge on any atom is -0.461 e. The van der Waals surface area contributed by atoms with E-state index in [9.17, 15) is 19.8 Å². The minimum atomic E-state index is -0.775. The number of hydrogen-bond donors (Lipinski definition) is 2. The third-order valence-electron chi connectivity index (χ3n) is 8.37. The van der Waals surface area contributed by atoms with Crippen molar-refractivity contribution in [3.05, 3.63) is 59.7 Å². The van der Waals surface area contributed by atoms with Gasteiger partial charge >= 0.3 is 11.9 Å². The largest absolute Gasteiger partial charge is 0.461 e. The molecule has 0 bridgehead atoms. The number of hydrogen-bond acceptors (Lipinski definition) is 6. The maximum Gasteiger partial charge on any atom is 0.333 e. The van der Waals surface area contributed by atoms with Crippen LogP contribution in [-0.2, 0) is 24.5 Å². The van der Waals surface area contributed by atoms with E-state index in [1.165, 1.54) is 69.8 Å². The molecule has 0 amide bonds. The molecule has 0 aromatic heterocycles. The monoisotopic (exact) mass is 556 g/mol. The fourth-order valence-electron chi connectivity index (χ4n) is 5.48. The molecule has 1 unspecified atom stereocenters. The zero-order valence-corrected chi connectivity index (χ0v) is 25.1. The molecule has 2 rings (SSSR count). The summed E-state index contributed by atoms with van der Waals surface area (Å²) in [5.41, 5.74) is 1.95. The van der Waals surface area contributed by atoms with Crippen molar-refractivity contribution in [2.24, 2.45) is 11.8 Å². The van der Waals surface area contributed by atoms with Gasteiger partial charge in [-0.3, -0.25) is 0 Å². The molecule has 6 nitrogen and oxygen atoms in total. The second-order valence-electron chi connectivity index (χ2n) is 12.1. The predicted molar refractivity (Wildman–Crippen MR) is 160 cm³/mol. The predicted octanol–water partition coefficient (Wildman–Crippen LogP) is 6.79. The highest BCUT2D eigenvalue weighted by Gasteiger charge is 2.32. The highest BCUT2D eigenvalue weighted by atomic mass is 16.5. The number of unbranched alkanes of at least 4 members (excludes halogenated alkanes) is 4. The number of ether oxygens (including phenoxy) is 2. The molecule has 0 saturated heterocycles. The SMILES string of the molecule is C=C(C)C(=O)OCC(C)(COC(=O)C(=C)CC(CO)CO)c1ccc(C2CCC(CCCCCCC)CC2)cc1. The number of esters is 2. The summed E-state index contributed by atoms with van der Waals surface area (Å²) in [4.78, 5) is 24.8. The zero-order chi connectivity index (χ0) is 29.5. The Morgan fingerprint density at radius 3 is 2.05 bits per heavy atom. The zero-order valence-electron chi connectivity index (χ0n) is 25.1. The third kappa shape index (κ3) is 10.9. The Morgan fingerprint density at radius 2 is 1.50 bits per heavy atom. The van der Waals surface area contributed by atoms with Crippen LogP contribution in [0.3, 0.4) is 0 Å². The Morgan fingerprint density at radius 1 is 0.925 bits per heavy atom. The first-order valence-corrected chi connectivity index (χ1v) is 15.1. The average molecular weight is 557 g/mol. The van der Waals surface area contributed by atoms with Crippen molar-refractivity contribution in [3.63, 3.8) is 0 Å². The summed E-state index contributed by atoms with van der Waals surface area (Å²) in [6, 6.07) is 8.44. The first-order chi connectivity index (χ1) is 19.1.